The normalized spacial score (nSPS) is 20.0. The highest BCUT2D eigenvalue weighted by molar-refractivity contribution is 5.79. The number of carbonyl (C=O) groups is 1. The topological polar surface area (TPSA) is 45.5 Å². The lowest BCUT2D eigenvalue weighted by atomic mass is 10.1. The molecule has 0 spiro atoms. The second-order valence-corrected chi connectivity index (χ2v) is 4.40. The van der Waals surface area contributed by atoms with E-state index in [2.05, 4.69) is 5.32 Å². The molecule has 0 saturated carbocycles. The summed E-state index contributed by atoms with van der Waals surface area (Å²) in [6.07, 6.45) is 0.945. The van der Waals surface area contributed by atoms with Crippen LogP contribution >= 0.6 is 0 Å². The van der Waals surface area contributed by atoms with Gasteiger partial charge in [-0.15, -0.1) is 0 Å². The summed E-state index contributed by atoms with van der Waals surface area (Å²) in [5.41, 5.74) is 0. The van der Waals surface area contributed by atoms with Crippen LogP contribution in [0.15, 0.2) is 16.5 Å². The first-order valence-electron chi connectivity index (χ1n) is 5.68. The molecule has 2 rings (SSSR count). The molecule has 4 heteroatoms. The Bertz CT molecular complexity index is 367. The van der Waals surface area contributed by atoms with E-state index in [1.807, 2.05) is 26.1 Å². The Hall–Kier alpha value is -1.29. The van der Waals surface area contributed by atoms with Crippen LogP contribution in [-0.4, -0.2) is 30.9 Å². The van der Waals surface area contributed by atoms with Crippen LogP contribution in [0.2, 0.25) is 0 Å². The highest BCUT2D eigenvalue weighted by atomic mass is 16.3. The van der Waals surface area contributed by atoms with Gasteiger partial charge in [-0.1, -0.05) is 0 Å². The number of furan rings is 1. The summed E-state index contributed by atoms with van der Waals surface area (Å²) < 4.78 is 5.46. The van der Waals surface area contributed by atoms with Gasteiger partial charge in [-0.3, -0.25) is 4.79 Å². The predicted molar refractivity (Wildman–Crippen MR) is 60.9 cm³/mol. The minimum atomic E-state index is 0.140. The van der Waals surface area contributed by atoms with Gasteiger partial charge in [-0.25, -0.2) is 0 Å². The van der Waals surface area contributed by atoms with Crippen LogP contribution in [0, 0.1) is 12.8 Å². The van der Waals surface area contributed by atoms with Crippen molar-refractivity contribution in [2.75, 3.05) is 20.1 Å². The van der Waals surface area contributed by atoms with Gasteiger partial charge in [0, 0.05) is 13.6 Å². The zero-order valence-corrected chi connectivity index (χ0v) is 9.82. The number of amides is 1. The van der Waals surface area contributed by atoms with E-state index in [9.17, 15) is 4.79 Å². The van der Waals surface area contributed by atoms with E-state index in [4.69, 9.17) is 4.42 Å². The van der Waals surface area contributed by atoms with Crippen molar-refractivity contribution in [3.05, 3.63) is 23.7 Å². The Morgan fingerprint density at radius 3 is 3.00 bits per heavy atom. The summed E-state index contributed by atoms with van der Waals surface area (Å²) in [7, 11) is 1.83. The van der Waals surface area contributed by atoms with E-state index >= 15 is 0 Å². The van der Waals surface area contributed by atoms with Crippen molar-refractivity contribution in [3.63, 3.8) is 0 Å². The molecule has 1 aromatic rings. The zero-order valence-electron chi connectivity index (χ0n) is 9.82. The first-order chi connectivity index (χ1) is 7.66. The summed E-state index contributed by atoms with van der Waals surface area (Å²) in [5.74, 6) is 2.08. The second kappa shape index (κ2) is 4.70. The van der Waals surface area contributed by atoms with Gasteiger partial charge in [-0.05, 0) is 32.0 Å². The Morgan fingerprint density at radius 1 is 1.62 bits per heavy atom. The lowest BCUT2D eigenvalue weighted by Gasteiger charge is -2.19. The molecule has 88 valence electrons. The quantitative estimate of drug-likeness (QED) is 0.834. The van der Waals surface area contributed by atoms with Gasteiger partial charge in [0.2, 0.25) is 5.91 Å². The number of carbonyl (C=O) groups excluding carboxylic acids is 1. The minimum Gasteiger partial charge on any atom is -0.464 e. The Kier molecular flexibility index (Phi) is 3.29. The molecule has 16 heavy (non-hydrogen) atoms. The molecular weight excluding hydrogens is 204 g/mol. The minimum absolute atomic E-state index is 0.140. The molecule has 4 nitrogen and oxygen atoms in total. The third-order valence-electron chi connectivity index (χ3n) is 2.97. The molecule has 1 unspecified atom stereocenters. The number of aryl methyl sites for hydroxylation is 1. The van der Waals surface area contributed by atoms with Crippen LogP contribution in [0.1, 0.15) is 17.9 Å². The van der Waals surface area contributed by atoms with Crippen LogP contribution in [0.4, 0.5) is 0 Å². The van der Waals surface area contributed by atoms with Crippen LogP contribution in [0.25, 0.3) is 0 Å². The fourth-order valence-electron chi connectivity index (χ4n) is 2.06. The first kappa shape index (κ1) is 11.2. The smallest absolute Gasteiger partial charge is 0.227 e. The standard InChI is InChI=1S/C12H18N2O2/c1-9-3-4-11(16-9)8-14(2)12(15)10-5-6-13-7-10/h3-4,10,13H,5-8H2,1-2H3. The number of nitrogens with one attached hydrogen (secondary N) is 1. The molecule has 0 bridgehead atoms. The third kappa shape index (κ3) is 2.44. The van der Waals surface area contributed by atoms with Crippen molar-refractivity contribution < 1.29 is 9.21 Å². The Balaban J connectivity index is 1.91. The van der Waals surface area contributed by atoms with E-state index in [1.165, 1.54) is 0 Å². The molecule has 1 atom stereocenters. The molecule has 1 fully saturated rings. The monoisotopic (exact) mass is 222 g/mol. The molecule has 1 amide bonds. The van der Waals surface area contributed by atoms with Gasteiger partial charge in [0.25, 0.3) is 0 Å². The Morgan fingerprint density at radius 2 is 2.44 bits per heavy atom. The van der Waals surface area contributed by atoms with Crippen molar-refractivity contribution in [2.24, 2.45) is 5.92 Å². The van der Waals surface area contributed by atoms with Crippen molar-refractivity contribution in [3.8, 4) is 0 Å². The largest absolute Gasteiger partial charge is 0.464 e. The van der Waals surface area contributed by atoms with E-state index in [0.29, 0.717) is 6.54 Å². The molecule has 1 aromatic heterocycles. The average molecular weight is 222 g/mol. The van der Waals surface area contributed by atoms with E-state index < -0.39 is 0 Å². The van der Waals surface area contributed by atoms with Crippen LogP contribution < -0.4 is 5.32 Å². The van der Waals surface area contributed by atoms with Gasteiger partial charge in [0.15, 0.2) is 0 Å². The maximum absolute atomic E-state index is 12.0. The molecule has 1 N–H and O–H groups in total. The van der Waals surface area contributed by atoms with Crippen molar-refractivity contribution >= 4 is 5.91 Å². The Labute approximate surface area is 95.6 Å². The lowest BCUT2D eigenvalue weighted by Crippen LogP contribution is -2.33. The summed E-state index contributed by atoms with van der Waals surface area (Å²) >= 11 is 0. The van der Waals surface area contributed by atoms with Crippen LogP contribution in [-0.2, 0) is 11.3 Å². The molecule has 2 heterocycles. The SMILES string of the molecule is Cc1ccc(CN(C)C(=O)C2CCNC2)o1. The third-order valence-corrected chi connectivity index (χ3v) is 2.97. The fraction of sp³-hybridized carbons (Fsp3) is 0.583. The van der Waals surface area contributed by atoms with Crippen molar-refractivity contribution in [2.45, 2.75) is 19.9 Å². The summed E-state index contributed by atoms with van der Waals surface area (Å²) in [6, 6.07) is 3.84. The van der Waals surface area contributed by atoms with Crippen molar-refractivity contribution in [1.29, 1.82) is 0 Å². The molecular formula is C12H18N2O2. The number of rotatable bonds is 3. The number of nitrogens with zero attached hydrogens (tertiary/aromatic N) is 1. The number of hydrogen-bond donors (Lipinski definition) is 1. The van der Waals surface area contributed by atoms with Gasteiger partial charge in [0.1, 0.15) is 11.5 Å². The summed E-state index contributed by atoms with van der Waals surface area (Å²) in [4.78, 5) is 13.7. The van der Waals surface area contributed by atoms with Gasteiger partial charge >= 0.3 is 0 Å². The van der Waals surface area contributed by atoms with Gasteiger partial charge in [0.05, 0.1) is 12.5 Å². The lowest BCUT2D eigenvalue weighted by molar-refractivity contribution is -0.134. The van der Waals surface area contributed by atoms with Crippen LogP contribution in [0.3, 0.4) is 0 Å². The molecule has 1 aliphatic rings. The first-order valence-corrected chi connectivity index (χ1v) is 5.68. The highest BCUT2D eigenvalue weighted by Gasteiger charge is 2.25. The molecule has 0 radical (unpaired) electrons. The van der Waals surface area contributed by atoms with Gasteiger partial charge < -0.3 is 14.6 Å². The van der Waals surface area contributed by atoms with E-state index in [0.717, 1.165) is 31.0 Å². The maximum atomic E-state index is 12.0. The average Bonchev–Trinajstić information content (AvgIpc) is 2.88. The van der Waals surface area contributed by atoms with Crippen LogP contribution in [0.5, 0.6) is 0 Å². The maximum Gasteiger partial charge on any atom is 0.227 e. The fourth-order valence-corrected chi connectivity index (χ4v) is 2.06. The van der Waals surface area contributed by atoms with Gasteiger partial charge in [-0.2, -0.15) is 0 Å². The summed E-state index contributed by atoms with van der Waals surface area (Å²) in [5, 5.41) is 3.21. The molecule has 0 aliphatic carbocycles. The molecule has 0 aromatic carbocycles. The van der Waals surface area contributed by atoms with E-state index in [1.54, 1.807) is 4.90 Å². The van der Waals surface area contributed by atoms with E-state index in [-0.39, 0.29) is 11.8 Å². The second-order valence-electron chi connectivity index (χ2n) is 4.40. The summed E-state index contributed by atoms with van der Waals surface area (Å²) in [6.45, 7) is 4.22. The van der Waals surface area contributed by atoms with Crippen molar-refractivity contribution in [1.82, 2.24) is 10.2 Å². The molecule has 1 saturated heterocycles. The molecule has 1 aliphatic heterocycles. The number of hydrogen-bond acceptors (Lipinski definition) is 3. The highest BCUT2D eigenvalue weighted by Crippen LogP contribution is 2.14. The zero-order chi connectivity index (χ0) is 11.5. The predicted octanol–water partition coefficient (Wildman–Crippen LogP) is 1.16.